The maximum atomic E-state index is 12.9. The maximum absolute atomic E-state index is 12.9. The SMILES string of the molecule is Cc1ccc(OC(=O)CN2C(=O)C3C4C=CC(C5CC45)C3C2=O)cc1C. The Labute approximate surface area is 152 Å². The number of hydrogen-bond donors (Lipinski definition) is 0. The van der Waals surface area contributed by atoms with Crippen LogP contribution < -0.4 is 4.74 Å². The molecule has 5 nitrogen and oxygen atoms in total. The maximum Gasteiger partial charge on any atom is 0.331 e. The first kappa shape index (κ1) is 15.8. The molecule has 1 aromatic rings. The van der Waals surface area contributed by atoms with Crippen LogP contribution in [-0.2, 0) is 14.4 Å². The zero-order valence-electron chi connectivity index (χ0n) is 14.8. The summed E-state index contributed by atoms with van der Waals surface area (Å²) in [7, 11) is 0. The van der Waals surface area contributed by atoms with Crippen LogP contribution in [0, 0.1) is 49.4 Å². The van der Waals surface area contributed by atoms with Gasteiger partial charge in [0, 0.05) is 0 Å². The van der Waals surface area contributed by atoms with Crippen molar-refractivity contribution in [2.24, 2.45) is 35.5 Å². The zero-order valence-corrected chi connectivity index (χ0v) is 14.8. The fourth-order valence-electron chi connectivity index (χ4n) is 5.24. The van der Waals surface area contributed by atoms with Gasteiger partial charge in [-0.05, 0) is 67.2 Å². The van der Waals surface area contributed by atoms with E-state index in [2.05, 4.69) is 12.2 Å². The summed E-state index contributed by atoms with van der Waals surface area (Å²) in [6, 6.07) is 5.40. The van der Waals surface area contributed by atoms with Gasteiger partial charge in [-0.15, -0.1) is 0 Å². The van der Waals surface area contributed by atoms with Crippen LogP contribution in [0.3, 0.4) is 0 Å². The van der Waals surface area contributed by atoms with E-state index < -0.39 is 5.97 Å². The highest BCUT2D eigenvalue weighted by Crippen LogP contribution is 2.65. The summed E-state index contributed by atoms with van der Waals surface area (Å²) in [6.07, 6.45) is 5.38. The average molecular weight is 351 g/mol. The molecule has 6 unspecified atom stereocenters. The molecule has 134 valence electrons. The molecular weight excluding hydrogens is 330 g/mol. The van der Waals surface area contributed by atoms with Crippen molar-refractivity contribution < 1.29 is 19.1 Å². The summed E-state index contributed by atoms with van der Waals surface area (Å²) in [5.41, 5.74) is 2.14. The second-order valence-electron chi connectivity index (χ2n) is 8.14. The number of rotatable bonds is 3. The van der Waals surface area contributed by atoms with Crippen molar-refractivity contribution in [3.63, 3.8) is 0 Å². The van der Waals surface area contributed by atoms with Gasteiger partial charge >= 0.3 is 5.97 Å². The van der Waals surface area contributed by atoms with Crippen molar-refractivity contribution >= 4 is 17.8 Å². The largest absolute Gasteiger partial charge is 0.425 e. The van der Waals surface area contributed by atoms with E-state index in [0.717, 1.165) is 22.4 Å². The molecule has 3 fully saturated rings. The molecular formula is C21H21NO4. The molecule has 0 radical (unpaired) electrons. The number of amides is 2. The second-order valence-corrected chi connectivity index (χ2v) is 8.14. The van der Waals surface area contributed by atoms with Gasteiger partial charge in [-0.3, -0.25) is 14.5 Å². The fraction of sp³-hybridized carbons (Fsp3) is 0.476. The van der Waals surface area contributed by atoms with Crippen molar-refractivity contribution in [3.8, 4) is 5.75 Å². The molecule has 5 heteroatoms. The first-order valence-electron chi connectivity index (χ1n) is 9.27. The van der Waals surface area contributed by atoms with Crippen molar-refractivity contribution in [1.82, 2.24) is 4.90 Å². The quantitative estimate of drug-likeness (QED) is 0.363. The van der Waals surface area contributed by atoms with Gasteiger partial charge in [0.15, 0.2) is 0 Å². The lowest BCUT2D eigenvalue weighted by Crippen LogP contribution is -2.40. The predicted octanol–water partition coefficient (Wildman–Crippen LogP) is 2.26. The number of likely N-dealkylation sites (tertiary alicyclic amines) is 1. The highest BCUT2D eigenvalue weighted by atomic mass is 16.5. The Balaban J connectivity index is 1.32. The zero-order chi connectivity index (χ0) is 18.2. The summed E-state index contributed by atoms with van der Waals surface area (Å²) < 4.78 is 5.36. The first-order valence-corrected chi connectivity index (χ1v) is 9.27. The molecule has 4 aliphatic carbocycles. The van der Waals surface area contributed by atoms with Gasteiger partial charge in [-0.2, -0.15) is 0 Å². The lowest BCUT2D eigenvalue weighted by molar-refractivity contribution is -0.148. The van der Waals surface area contributed by atoms with E-state index in [0.29, 0.717) is 17.6 Å². The molecule has 1 heterocycles. The minimum absolute atomic E-state index is 0.173. The summed E-state index contributed by atoms with van der Waals surface area (Å²) in [5.74, 6) is 0.418. The second kappa shape index (κ2) is 5.29. The summed E-state index contributed by atoms with van der Waals surface area (Å²) in [6.45, 7) is 3.63. The molecule has 0 N–H and O–H groups in total. The van der Waals surface area contributed by atoms with Crippen molar-refractivity contribution in [1.29, 1.82) is 0 Å². The number of benzene rings is 1. The van der Waals surface area contributed by atoms with E-state index >= 15 is 0 Å². The monoisotopic (exact) mass is 351 g/mol. The molecule has 0 aromatic heterocycles. The predicted molar refractivity (Wildman–Crippen MR) is 93.0 cm³/mol. The molecule has 1 aliphatic heterocycles. The van der Waals surface area contributed by atoms with Gasteiger partial charge < -0.3 is 4.74 Å². The molecule has 2 saturated carbocycles. The van der Waals surface area contributed by atoms with Crippen LogP contribution in [0.2, 0.25) is 0 Å². The van der Waals surface area contributed by atoms with E-state index in [1.165, 1.54) is 0 Å². The van der Waals surface area contributed by atoms with E-state index in [9.17, 15) is 14.4 Å². The van der Waals surface area contributed by atoms with Gasteiger partial charge in [0.1, 0.15) is 12.3 Å². The molecule has 2 bridgehead atoms. The smallest absolute Gasteiger partial charge is 0.331 e. The number of carbonyl (C=O) groups is 3. The molecule has 2 amide bonds. The minimum atomic E-state index is -0.570. The first-order chi connectivity index (χ1) is 12.5. The van der Waals surface area contributed by atoms with Gasteiger partial charge in [0.05, 0.1) is 11.8 Å². The Morgan fingerprint density at radius 3 is 2.23 bits per heavy atom. The van der Waals surface area contributed by atoms with Gasteiger partial charge in [0.2, 0.25) is 11.8 Å². The fourth-order valence-corrected chi connectivity index (χ4v) is 5.24. The normalized spacial score (nSPS) is 36.2. The Hall–Kier alpha value is -2.43. The van der Waals surface area contributed by atoms with Gasteiger partial charge in [-0.1, -0.05) is 18.2 Å². The van der Waals surface area contributed by atoms with Crippen LogP contribution in [0.25, 0.3) is 0 Å². The highest BCUT2D eigenvalue weighted by molar-refractivity contribution is 6.08. The number of aryl methyl sites for hydroxylation is 2. The highest BCUT2D eigenvalue weighted by Gasteiger charge is 2.67. The number of imide groups is 1. The number of carbonyl (C=O) groups excluding carboxylic acids is 3. The minimum Gasteiger partial charge on any atom is -0.425 e. The van der Waals surface area contributed by atoms with Gasteiger partial charge in [-0.25, -0.2) is 4.79 Å². The Bertz CT molecular complexity index is 837. The van der Waals surface area contributed by atoms with E-state index in [1.54, 1.807) is 12.1 Å². The molecule has 26 heavy (non-hydrogen) atoms. The van der Waals surface area contributed by atoms with Crippen LogP contribution in [0.5, 0.6) is 5.75 Å². The standard InChI is InChI=1S/C21H21NO4/c1-10-3-4-12(7-11(10)2)26-17(23)9-22-20(24)18-13-5-6-14(16-8-15(13)16)19(18)21(22)25/h3-7,13-16,18-19H,8-9H2,1-2H3. The lowest BCUT2D eigenvalue weighted by Gasteiger charge is -2.37. The van der Waals surface area contributed by atoms with Crippen molar-refractivity contribution in [2.45, 2.75) is 20.3 Å². The van der Waals surface area contributed by atoms with Gasteiger partial charge in [0.25, 0.3) is 0 Å². The number of esters is 1. The lowest BCUT2D eigenvalue weighted by atomic mass is 9.63. The summed E-state index contributed by atoms with van der Waals surface area (Å²) in [4.78, 5) is 39.2. The number of allylic oxidation sites excluding steroid dienone is 2. The van der Waals surface area contributed by atoms with Crippen LogP contribution in [0.15, 0.2) is 30.4 Å². The topological polar surface area (TPSA) is 63.7 Å². The molecule has 6 atom stereocenters. The Morgan fingerprint density at radius 2 is 1.65 bits per heavy atom. The Kier molecular flexibility index (Phi) is 3.21. The van der Waals surface area contributed by atoms with Crippen molar-refractivity contribution in [3.05, 3.63) is 41.5 Å². The molecule has 6 rings (SSSR count). The summed E-state index contributed by atoms with van der Waals surface area (Å²) in [5, 5.41) is 0. The van der Waals surface area contributed by atoms with Crippen LogP contribution in [-0.4, -0.2) is 29.2 Å². The molecule has 5 aliphatic rings. The summed E-state index contributed by atoms with van der Waals surface area (Å²) >= 11 is 0. The molecule has 0 spiro atoms. The van der Waals surface area contributed by atoms with Crippen LogP contribution in [0.4, 0.5) is 0 Å². The number of nitrogens with zero attached hydrogens (tertiary/aromatic N) is 1. The third-order valence-electron chi connectivity index (χ3n) is 6.75. The third-order valence-corrected chi connectivity index (χ3v) is 6.75. The average Bonchev–Trinajstić information content (AvgIpc) is 3.39. The van der Waals surface area contributed by atoms with Crippen LogP contribution in [0.1, 0.15) is 17.5 Å². The van der Waals surface area contributed by atoms with E-state index in [1.807, 2.05) is 19.9 Å². The number of hydrogen-bond acceptors (Lipinski definition) is 4. The third kappa shape index (κ3) is 2.12. The van der Waals surface area contributed by atoms with Crippen LogP contribution >= 0.6 is 0 Å². The van der Waals surface area contributed by atoms with Crippen molar-refractivity contribution in [2.75, 3.05) is 6.54 Å². The Morgan fingerprint density at radius 1 is 1.04 bits per heavy atom. The van der Waals surface area contributed by atoms with E-state index in [4.69, 9.17) is 4.74 Å². The number of ether oxygens (including phenoxy) is 1. The van der Waals surface area contributed by atoms with E-state index in [-0.39, 0.29) is 42.0 Å². The molecule has 1 aromatic carbocycles. The molecule has 1 saturated heterocycles.